The van der Waals surface area contributed by atoms with E-state index >= 15 is 0 Å². The normalized spacial score (nSPS) is 20.3. The van der Waals surface area contributed by atoms with E-state index in [0.717, 1.165) is 31.1 Å². The first-order chi connectivity index (χ1) is 8.20. The van der Waals surface area contributed by atoms with E-state index in [-0.39, 0.29) is 0 Å². The van der Waals surface area contributed by atoms with Gasteiger partial charge in [-0.2, -0.15) is 11.8 Å². The first kappa shape index (κ1) is 12.2. The number of aromatic nitrogens is 1. The molecule has 0 amide bonds. The average molecular weight is 252 g/mol. The molecule has 4 nitrogen and oxygen atoms in total. The Labute approximate surface area is 105 Å². The van der Waals surface area contributed by atoms with Crippen LogP contribution in [0.2, 0.25) is 0 Å². The molecule has 5 heteroatoms. The third-order valence-corrected chi connectivity index (χ3v) is 4.28. The van der Waals surface area contributed by atoms with Crippen molar-refractivity contribution < 1.29 is 9.90 Å². The maximum Gasteiger partial charge on any atom is 0.335 e. The molecular weight excluding hydrogens is 236 g/mol. The van der Waals surface area contributed by atoms with Gasteiger partial charge in [0.15, 0.2) is 0 Å². The lowest BCUT2D eigenvalue weighted by Gasteiger charge is -2.32. The SMILES string of the molecule is CCC1CN(c2cc(C(=O)O)ccn2)CCS1. The molecule has 1 saturated heterocycles. The molecule has 1 aromatic heterocycles. The Morgan fingerprint density at radius 2 is 2.53 bits per heavy atom. The number of carboxylic acids is 1. The molecule has 0 aliphatic carbocycles. The highest BCUT2D eigenvalue weighted by atomic mass is 32.2. The molecule has 0 bridgehead atoms. The smallest absolute Gasteiger partial charge is 0.335 e. The molecule has 0 spiro atoms. The zero-order valence-corrected chi connectivity index (χ0v) is 10.6. The summed E-state index contributed by atoms with van der Waals surface area (Å²) in [6.45, 7) is 4.08. The van der Waals surface area contributed by atoms with E-state index in [1.54, 1.807) is 12.3 Å². The summed E-state index contributed by atoms with van der Waals surface area (Å²) in [7, 11) is 0. The first-order valence-corrected chi connectivity index (χ1v) is 6.81. The molecule has 1 atom stereocenters. The van der Waals surface area contributed by atoms with Gasteiger partial charge in [0.25, 0.3) is 0 Å². The second-order valence-corrected chi connectivity index (χ2v) is 5.46. The van der Waals surface area contributed by atoms with Crippen molar-refractivity contribution in [3.05, 3.63) is 23.9 Å². The van der Waals surface area contributed by atoms with Gasteiger partial charge in [0.2, 0.25) is 0 Å². The van der Waals surface area contributed by atoms with Gasteiger partial charge in [-0.15, -0.1) is 0 Å². The molecule has 1 aliphatic heterocycles. The number of carbonyl (C=O) groups is 1. The first-order valence-electron chi connectivity index (χ1n) is 5.76. The molecule has 1 N–H and O–H groups in total. The number of pyridine rings is 1. The van der Waals surface area contributed by atoms with Crippen molar-refractivity contribution >= 4 is 23.5 Å². The zero-order chi connectivity index (χ0) is 12.3. The number of nitrogens with zero attached hydrogens (tertiary/aromatic N) is 2. The summed E-state index contributed by atoms with van der Waals surface area (Å²) in [6, 6.07) is 3.19. The molecule has 2 heterocycles. The fraction of sp³-hybridized carbons (Fsp3) is 0.500. The van der Waals surface area contributed by atoms with Crippen molar-refractivity contribution in [1.29, 1.82) is 0 Å². The summed E-state index contributed by atoms with van der Waals surface area (Å²) in [4.78, 5) is 17.4. The predicted molar refractivity (Wildman–Crippen MR) is 69.9 cm³/mol. The Kier molecular flexibility index (Phi) is 3.89. The molecule has 1 aliphatic rings. The van der Waals surface area contributed by atoms with Gasteiger partial charge in [0.05, 0.1) is 5.56 Å². The number of aromatic carboxylic acids is 1. The van der Waals surface area contributed by atoms with Gasteiger partial charge in [0.1, 0.15) is 5.82 Å². The van der Waals surface area contributed by atoms with Gasteiger partial charge >= 0.3 is 5.97 Å². The Balaban J connectivity index is 2.16. The van der Waals surface area contributed by atoms with Gasteiger partial charge in [-0.3, -0.25) is 0 Å². The van der Waals surface area contributed by atoms with Gasteiger partial charge in [-0.05, 0) is 18.6 Å². The lowest BCUT2D eigenvalue weighted by atomic mass is 10.2. The van der Waals surface area contributed by atoms with Gasteiger partial charge in [0, 0.05) is 30.3 Å². The van der Waals surface area contributed by atoms with E-state index in [0.29, 0.717) is 10.8 Å². The van der Waals surface area contributed by atoms with Crippen LogP contribution in [-0.4, -0.2) is 40.2 Å². The Morgan fingerprint density at radius 3 is 3.24 bits per heavy atom. The maximum atomic E-state index is 10.9. The van der Waals surface area contributed by atoms with Crippen LogP contribution in [-0.2, 0) is 0 Å². The molecule has 0 radical (unpaired) electrons. The van der Waals surface area contributed by atoms with Crippen LogP contribution < -0.4 is 4.90 Å². The topological polar surface area (TPSA) is 53.4 Å². The molecule has 1 aromatic rings. The Bertz CT molecular complexity index is 411. The molecule has 1 unspecified atom stereocenters. The second kappa shape index (κ2) is 5.40. The summed E-state index contributed by atoms with van der Waals surface area (Å²) in [5.41, 5.74) is 0.307. The Morgan fingerprint density at radius 1 is 1.71 bits per heavy atom. The lowest BCUT2D eigenvalue weighted by Crippen LogP contribution is -2.38. The maximum absolute atomic E-state index is 10.9. The fourth-order valence-corrected chi connectivity index (χ4v) is 3.08. The minimum absolute atomic E-state index is 0.307. The van der Waals surface area contributed by atoms with Crippen LogP contribution in [0.4, 0.5) is 5.82 Å². The van der Waals surface area contributed by atoms with E-state index in [4.69, 9.17) is 5.11 Å². The van der Waals surface area contributed by atoms with Crippen LogP contribution in [0.15, 0.2) is 18.3 Å². The van der Waals surface area contributed by atoms with Gasteiger partial charge in [-0.1, -0.05) is 6.92 Å². The third kappa shape index (κ3) is 2.91. The van der Waals surface area contributed by atoms with E-state index in [1.165, 1.54) is 6.07 Å². The number of anilines is 1. The van der Waals surface area contributed by atoms with Gasteiger partial charge in [-0.25, -0.2) is 9.78 Å². The van der Waals surface area contributed by atoms with Crippen molar-refractivity contribution in [1.82, 2.24) is 4.98 Å². The van der Waals surface area contributed by atoms with Crippen LogP contribution in [0.3, 0.4) is 0 Å². The summed E-state index contributed by atoms with van der Waals surface area (Å²) in [6.07, 6.45) is 2.71. The minimum Gasteiger partial charge on any atom is -0.478 e. The monoisotopic (exact) mass is 252 g/mol. The van der Waals surface area contributed by atoms with Crippen LogP contribution in [0.5, 0.6) is 0 Å². The quantitative estimate of drug-likeness (QED) is 0.893. The summed E-state index contributed by atoms with van der Waals surface area (Å²) in [5.74, 6) is 0.966. The summed E-state index contributed by atoms with van der Waals surface area (Å²) < 4.78 is 0. The van der Waals surface area contributed by atoms with Crippen LogP contribution in [0.1, 0.15) is 23.7 Å². The van der Waals surface area contributed by atoms with Crippen molar-refractivity contribution in [2.45, 2.75) is 18.6 Å². The molecular formula is C12H16N2O2S. The van der Waals surface area contributed by atoms with E-state index in [9.17, 15) is 4.79 Å². The third-order valence-electron chi connectivity index (χ3n) is 2.91. The van der Waals surface area contributed by atoms with E-state index < -0.39 is 5.97 Å². The molecule has 92 valence electrons. The number of thioether (sulfide) groups is 1. The summed E-state index contributed by atoms with van der Waals surface area (Å²) in [5, 5.41) is 9.58. The highest BCUT2D eigenvalue weighted by Gasteiger charge is 2.20. The molecule has 17 heavy (non-hydrogen) atoms. The molecule has 2 rings (SSSR count). The fourth-order valence-electron chi connectivity index (χ4n) is 1.90. The van der Waals surface area contributed by atoms with Gasteiger partial charge < -0.3 is 10.0 Å². The summed E-state index contributed by atoms with van der Waals surface area (Å²) >= 11 is 1.99. The van der Waals surface area contributed by atoms with Crippen molar-refractivity contribution in [2.75, 3.05) is 23.7 Å². The Hall–Kier alpha value is -1.23. The van der Waals surface area contributed by atoms with Crippen molar-refractivity contribution in [3.63, 3.8) is 0 Å². The zero-order valence-electron chi connectivity index (χ0n) is 9.80. The van der Waals surface area contributed by atoms with E-state index in [2.05, 4.69) is 16.8 Å². The number of hydrogen-bond acceptors (Lipinski definition) is 4. The standard InChI is InChI=1S/C12H16N2O2S/c1-2-10-8-14(5-6-17-10)11-7-9(12(15)16)3-4-13-11/h3-4,7,10H,2,5-6,8H2,1H3,(H,15,16). The minimum atomic E-state index is -0.896. The van der Waals surface area contributed by atoms with Crippen LogP contribution in [0, 0.1) is 0 Å². The number of carboxylic acid groups (broad SMARTS) is 1. The lowest BCUT2D eigenvalue weighted by molar-refractivity contribution is 0.0697. The molecule has 0 aromatic carbocycles. The molecule has 1 fully saturated rings. The number of hydrogen-bond donors (Lipinski definition) is 1. The largest absolute Gasteiger partial charge is 0.478 e. The van der Waals surface area contributed by atoms with Crippen molar-refractivity contribution in [2.24, 2.45) is 0 Å². The number of rotatable bonds is 3. The van der Waals surface area contributed by atoms with Crippen molar-refractivity contribution in [3.8, 4) is 0 Å². The highest BCUT2D eigenvalue weighted by molar-refractivity contribution is 8.00. The predicted octanol–water partition coefficient (Wildman–Crippen LogP) is 2.11. The van der Waals surface area contributed by atoms with Crippen LogP contribution >= 0.6 is 11.8 Å². The second-order valence-electron chi connectivity index (χ2n) is 4.05. The highest BCUT2D eigenvalue weighted by Crippen LogP contribution is 2.24. The van der Waals surface area contributed by atoms with Crippen LogP contribution in [0.25, 0.3) is 0 Å². The van der Waals surface area contributed by atoms with E-state index in [1.807, 2.05) is 11.8 Å². The average Bonchev–Trinajstić information content (AvgIpc) is 2.39. The molecule has 0 saturated carbocycles.